The lowest BCUT2D eigenvalue weighted by Gasteiger charge is -2.42. The van der Waals surface area contributed by atoms with Gasteiger partial charge in [0, 0.05) is 43.7 Å². The fourth-order valence-corrected chi connectivity index (χ4v) is 6.49. The quantitative estimate of drug-likeness (QED) is 0.609. The third-order valence-corrected chi connectivity index (χ3v) is 8.82. The maximum atomic E-state index is 13.2. The Morgan fingerprint density at radius 1 is 0.722 bits per heavy atom. The Morgan fingerprint density at radius 2 is 1.33 bits per heavy atom. The number of nitrogens with zero attached hydrogens (tertiary/aromatic N) is 3. The summed E-state index contributed by atoms with van der Waals surface area (Å²) in [5.74, 6) is 1.45. The second-order valence-corrected chi connectivity index (χ2v) is 11.1. The van der Waals surface area contributed by atoms with Gasteiger partial charge in [0.15, 0.2) is 0 Å². The third-order valence-electron chi connectivity index (χ3n) is 8.82. The van der Waals surface area contributed by atoms with Gasteiger partial charge in [-0.1, -0.05) is 48.5 Å². The van der Waals surface area contributed by atoms with E-state index in [9.17, 15) is 9.59 Å². The summed E-state index contributed by atoms with van der Waals surface area (Å²) >= 11 is 0. The first-order valence-electron chi connectivity index (χ1n) is 14.0. The maximum absolute atomic E-state index is 13.2. The van der Waals surface area contributed by atoms with Crippen molar-refractivity contribution < 1.29 is 9.59 Å². The van der Waals surface area contributed by atoms with Gasteiger partial charge in [0.1, 0.15) is 0 Å². The number of benzene rings is 2. The molecule has 5 rings (SSSR count). The lowest BCUT2D eigenvalue weighted by Crippen LogP contribution is -2.51. The molecule has 0 aliphatic carbocycles. The molecule has 36 heavy (non-hydrogen) atoms. The Kier molecular flexibility index (Phi) is 8.05. The predicted octanol–water partition coefficient (Wildman–Crippen LogP) is 4.79. The van der Waals surface area contributed by atoms with Gasteiger partial charge in [-0.3, -0.25) is 9.59 Å². The molecule has 3 saturated heterocycles. The number of rotatable bonds is 5. The highest BCUT2D eigenvalue weighted by Gasteiger charge is 2.34. The van der Waals surface area contributed by atoms with Crippen molar-refractivity contribution in [3.8, 4) is 0 Å². The first-order chi connectivity index (χ1) is 17.6. The zero-order chi connectivity index (χ0) is 24.9. The molecule has 5 nitrogen and oxygen atoms in total. The lowest BCUT2D eigenvalue weighted by atomic mass is 9.88. The number of aryl methyl sites for hydroxylation is 1. The predicted molar refractivity (Wildman–Crippen MR) is 144 cm³/mol. The molecule has 3 fully saturated rings. The zero-order valence-corrected chi connectivity index (χ0v) is 21.8. The highest BCUT2D eigenvalue weighted by Crippen LogP contribution is 2.28. The van der Waals surface area contributed by atoms with Crippen LogP contribution in [0.25, 0.3) is 0 Å². The van der Waals surface area contributed by atoms with Gasteiger partial charge < -0.3 is 14.7 Å². The van der Waals surface area contributed by atoms with Crippen LogP contribution in [-0.2, 0) is 11.2 Å². The number of hydrogen-bond acceptors (Lipinski definition) is 3. The van der Waals surface area contributed by atoms with E-state index in [-0.39, 0.29) is 11.8 Å². The molecule has 3 heterocycles. The van der Waals surface area contributed by atoms with Gasteiger partial charge >= 0.3 is 0 Å². The molecule has 3 aliphatic heterocycles. The molecule has 0 spiro atoms. The smallest absolute Gasteiger partial charge is 0.254 e. The van der Waals surface area contributed by atoms with Crippen molar-refractivity contribution in [2.75, 3.05) is 39.3 Å². The van der Waals surface area contributed by atoms with E-state index in [1.807, 2.05) is 36.1 Å². The van der Waals surface area contributed by atoms with E-state index in [1.165, 1.54) is 5.56 Å². The second kappa shape index (κ2) is 11.6. The van der Waals surface area contributed by atoms with Crippen LogP contribution in [-0.4, -0.2) is 71.8 Å². The summed E-state index contributed by atoms with van der Waals surface area (Å²) in [5.41, 5.74) is 3.30. The monoisotopic (exact) mass is 487 g/mol. The van der Waals surface area contributed by atoms with Crippen molar-refractivity contribution in [2.45, 2.75) is 57.9 Å². The molecule has 2 aromatic rings. The summed E-state index contributed by atoms with van der Waals surface area (Å²) in [6.07, 6.45) is 7.40. The normalized spacial score (nSPS) is 21.0. The first kappa shape index (κ1) is 25.0. The Hall–Kier alpha value is -2.66. The van der Waals surface area contributed by atoms with Crippen LogP contribution in [0, 0.1) is 18.8 Å². The van der Waals surface area contributed by atoms with E-state index in [0.29, 0.717) is 17.9 Å². The zero-order valence-electron chi connectivity index (χ0n) is 21.8. The van der Waals surface area contributed by atoms with Crippen molar-refractivity contribution >= 4 is 11.8 Å². The number of carbonyl (C=O) groups excluding carboxylic acids is 2. The van der Waals surface area contributed by atoms with Crippen LogP contribution in [0.15, 0.2) is 54.6 Å². The van der Waals surface area contributed by atoms with E-state index in [2.05, 4.69) is 40.1 Å². The Labute approximate surface area is 216 Å². The summed E-state index contributed by atoms with van der Waals surface area (Å²) in [5, 5.41) is 0. The molecule has 2 aromatic carbocycles. The van der Waals surface area contributed by atoms with E-state index < -0.39 is 0 Å². The van der Waals surface area contributed by atoms with E-state index in [0.717, 1.165) is 95.3 Å². The van der Waals surface area contributed by atoms with Crippen LogP contribution in [0.5, 0.6) is 0 Å². The first-order valence-corrected chi connectivity index (χ1v) is 14.0. The standard InChI is InChI=1S/C31H41N3O2/c1-24-7-5-6-10-29(24)31(36)34-21-15-28(16-22-34)32-19-13-27(14-20-32)30(35)33-17-11-26(12-18-33)23-25-8-3-2-4-9-25/h2-10,26-28H,11-23H2,1H3. The minimum absolute atomic E-state index is 0.170. The van der Waals surface area contributed by atoms with E-state index in [4.69, 9.17) is 0 Å². The summed E-state index contributed by atoms with van der Waals surface area (Å²) in [6, 6.07) is 19.2. The average molecular weight is 488 g/mol. The summed E-state index contributed by atoms with van der Waals surface area (Å²) < 4.78 is 0. The molecule has 2 amide bonds. The minimum atomic E-state index is 0.170. The van der Waals surface area contributed by atoms with Crippen molar-refractivity contribution in [1.82, 2.24) is 14.7 Å². The van der Waals surface area contributed by atoms with Crippen molar-refractivity contribution in [1.29, 1.82) is 0 Å². The number of amides is 2. The molecule has 5 heteroatoms. The van der Waals surface area contributed by atoms with Crippen LogP contribution in [0.1, 0.15) is 60.0 Å². The summed E-state index contributed by atoms with van der Waals surface area (Å²) in [6.45, 7) is 7.53. The highest BCUT2D eigenvalue weighted by atomic mass is 16.2. The molecule has 192 valence electrons. The SMILES string of the molecule is Cc1ccccc1C(=O)N1CCC(N2CCC(C(=O)N3CCC(Cc4ccccc4)CC3)CC2)CC1. The van der Waals surface area contributed by atoms with Crippen molar-refractivity contribution in [3.63, 3.8) is 0 Å². The summed E-state index contributed by atoms with van der Waals surface area (Å²) in [4.78, 5) is 33.0. The van der Waals surface area contributed by atoms with E-state index in [1.54, 1.807) is 0 Å². The van der Waals surface area contributed by atoms with Gasteiger partial charge in [0.25, 0.3) is 5.91 Å². The number of piperidine rings is 3. The molecular weight excluding hydrogens is 446 g/mol. The van der Waals surface area contributed by atoms with Crippen LogP contribution in [0.2, 0.25) is 0 Å². The maximum Gasteiger partial charge on any atom is 0.254 e. The van der Waals surface area contributed by atoms with Crippen LogP contribution in [0.3, 0.4) is 0 Å². The largest absolute Gasteiger partial charge is 0.342 e. The molecule has 3 aliphatic rings. The third kappa shape index (κ3) is 5.83. The fourth-order valence-electron chi connectivity index (χ4n) is 6.49. The van der Waals surface area contributed by atoms with Gasteiger partial charge in [-0.05, 0) is 88.1 Å². The molecule has 0 radical (unpaired) electrons. The lowest BCUT2D eigenvalue weighted by molar-refractivity contribution is -0.138. The topological polar surface area (TPSA) is 43.9 Å². The minimum Gasteiger partial charge on any atom is -0.342 e. The average Bonchev–Trinajstić information content (AvgIpc) is 2.94. The molecule has 0 N–H and O–H groups in total. The van der Waals surface area contributed by atoms with Crippen molar-refractivity contribution in [3.05, 3.63) is 71.3 Å². The summed E-state index contributed by atoms with van der Waals surface area (Å²) in [7, 11) is 0. The molecule has 0 atom stereocenters. The van der Waals surface area contributed by atoms with Gasteiger partial charge in [-0.2, -0.15) is 0 Å². The van der Waals surface area contributed by atoms with Crippen LogP contribution >= 0.6 is 0 Å². The second-order valence-electron chi connectivity index (χ2n) is 11.1. The number of likely N-dealkylation sites (tertiary alicyclic amines) is 3. The van der Waals surface area contributed by atoms with Gasteiger partial charge in [-0.25, -0.2) is 0 Å². The van der Waals surface area contributed by atoms with Gasteiger partial charge in [0.05, 0.1) is 0 Å². The number of carbonyl (C=O) groups is 2. The highest BCUT2D eigenvalue weighted by molar-refractivity contribution is 5.95. The molecule has 0 aromatic heterocycles. The van der Waals surface area contributed by atoms with E-state index >= 15 is 0 Å². The van der Waals surface area contributed by atoms with Crippen LogP contribution in [0.4, 0.5) is 0 Å². The van der Waals surface area contributed by atoms with Gasteiger partial charge in [0.2, 0.25) is 5.91 Å². The molecule has 0 bridgehead atoms. The van der Waals surface area contributed by atoms with Crippen molar-refractivity contribution in [2.24, 2.45) is 11.8 Å². The van der Waals surface area contributed by atoms with Gasteiger partial charge in [-0.15, -0.1) is 0 Å². The molecule has 0 saturated carbocycles. The Bertz CT molecular complexity index is 1020. The number of hydrogen-bond donors (Lipinski definition) is 0. The Balaban J connectivity index is 1.04. The fraction of sp³-hybridized carbons (Fsp3) is 0.548. The molecular formula is C31H41N3O2. The molecule has 0 unspecified atom stereocenters. The Morgan fingerprint density at radius 3 is 2.00 bits per heavy atom. The van der Waals surface area contributed by atoms with Crippen LogP contribution < -0.4 is 0 Å².